The van der Waals surface area contributed by atoms with Gasteiger partial charge in [-0.25, -0.2) is 0 Å². The Kier molecular flexibility index (Phi) is 5.83. The van der Waals surface area contributed by atoms with Gasteiger partial charge in [-0.15, -0.1) is 0 Å². The Hall–Kier alpha value is -2.06. The van der Waals surface area contributed by atoms with Gasteiger partial charge in [-0.2, -0.15) is 5.26 Å². The number of nitrogens with one attached hydrogen (secondary N) is 2. The molecule has 0 aromatic heterocycles. The molecule has 1 amide bonds. The molecular weight excluding hydrogens is 242 g/mol. The molecule has 5 nitrogen and oxygen atoms in total. The highest BCUT2D eigenvalue weighted by Gasteiger charge is 2.11. The molecule has 1 rings (SSSR count). The fraction of sp³-hybridized carbons (Fsp3) is 0.429. The van der Waals surface area contributed by atoms with Gasteiger partial charge in [0.15, 0.2) is 6.61 Å². The van der Waals surface area contributed by atoms with Crippen molar-refractivity contribution in [3.05, 3.63) is 29.3 Å². The average molecular weight is 261 g/mol. The SMILES string of the molecule is CNC(C)c1cc(C)ccc1OCC(=O)NCC#N. The number of amides is 1. The van der Waals surface area contributed by atoms with Crippen molar-refractivity contribution in [3.8, 4) is 11.8 Å². The molecule has 0 bridgehead atoms. The number of carbonyl (C=O) groups is 1. The Labute approximate surface area is 113 Å². The fourth-order valence-corrected chi connectivity index (χ4v) is 1.63. The zero-order valence-corrected chi connectivity index (χ0v) is 11.5. The van der Waals surface area contributed by atoms with E-state index in [1.807, 2.05) is 45.2 Å². The number of nitrogens with zero attached hydrogens (tertiary/aromatic N) is 1. The first-order chi connectivity index (χ1) is 9.08. The molecule has 0 heterocycles. The molecule has 0 saturated carbocycles. The van der Waals surface area contributed by atoms with Crippen LogP contribution in [0, 0.1) is 18.3 Å². The maximum absolute atomic E-state index is 11.4. The van der Waals surface area contributed by atoms with E-state index in [1.54, 1.807) is 0 Å². The molecule has 102 valence electrons. The monoisotopic (exact) mass is 261 g/mol. The van der Waals surface area contributed by atoms with Crippen LogP contribution in [0.15, 0.2) is 18.2 Å². The van der Waals surface area contributed by atoms with E-state index < -0.39 is 0 Å². The van der Waals surface area contributed by atoms with E-state index in [0.29, 0.717) is 5.75 Å². The van der Waals surface area contributed by atoms with Gasteiger partial charge in [-0.05, 0) is 27.0 Å². The van der Waals surface area contributed by atoms with Crippen LogP contribution in [0.25, 0.3) is 0 Å². The molecule has 0 spiro atoms. The third-order valence-corrected chi connectivity index (χ3v) is 2.79. The van der Waals surface area contributed by atoms with Crippen molar-refractivity contribution in [1.29, 1.82) is 5.26 Å². The summed E-state index contributed by atoms with van der Waals surface area (Å²) in [6, 6.07) is 7.81. The van der Waals surface area contributed by atoms with Crippen LogP contribution < -0.4 is 15.4 Å². The van der Waals surface area contributed by atoms with E-state index in [4.69, 9.17) is 10.00 Å². The first kappa shape index (κ1) is 15.0. The summed E-state index contributed by atoms with van der Waals surface area (Å²) in [5.74, 6) is 0.379. The number of nitriles is 1. The number of ether oxygens (including phenoxy) is 1. The van der Waals surface area contributed by atoms with Crippen molar-refractivity contribution < 1.29 is 9.53 Å². The summed E-state index contributed by atoms with van der Waals surface area (Å²) in [5, 5.41) is 13.9. The lowest BCUT2D eigenvalue weighted by molar-refractivity contribution is -0.122. The van der Waals surface area contributed by atoms with Crippen LogP contribution in [0.3, 0.4) is 0 Å². The van der Waals surface area contributed by atoms with Crippen LogP contribution in [-0.2, 0) is 4.79 Å². The summed E-state index contributed by atoms with van der Waals surface area (Å²) in [5.41, 5.74) is 2.15. The first-order valence-electron chi connectivity index (χ1n) is 6.12. The molecule has 0 saturated heterocycles. The van der Waals surface area contributed by atoms with Crippen molar-refractivity contribution in [2.75, 3.05) is 20.2 Å². The highest BCUT2D eigenvalue weighted by atomic mass is 16.5. The fourth-order valence-electron chi connectivity index (χ4n) is 1.63. The van der Waals surface area contributed by atoms with E-state index in [0.717, 1.165) is 11.1 Å². The zero-order chi connectivity index (χ0) is 14.3. The Bertz CT molecular complexity index is 480. The number of rotatable bonds is 6. The minimum Gasteiger partial charge on any atom is -0.483 e. The van der Waals surface area contributed by atoms with Crippen molar-refractivity contribution in [1.82, 2.24) is 10.6 Å². The molecular formula is C14H19N3O2. The van der Waals surface area contributed by atoms with E-state index >= 15 is 0 Å². The Morgan fingerprint density at radius 3 is 2.89 bits per heavy atom. The number of aryl methyl sites for hydroxylation is 1. The van der Waals surface area contributed by atoms with Crippen molar-refractivity contribution in [2.45, 2.75) is 19.9 Å². The molecule has 19 heavy (non-hydrogen) atoms. The summed E-state index contributed by atoms with van der Waals surface area (Å²) in [4.78, 5) is 11.4. The van der Waals surface area contributed by atoms with Crippen LogP contribution in [-0.4, -0.2) is 26.1 Å². The summed E-state index contributed by atoms with van der Waals surface area (Å²) >= 11 is 0. The lowest BCUT2D eigenvalue weighted by Crippen LogP contribution is -2.29. The molecule has 1 unspecified atom stereocenters. The predicted molar refractivity (Wildman–Crippen MR) is 72.8 cm³/mol. The largest absolute Gasteiger partial charge is 0.483 e. The molecule has 1 aromatic carbocycles. The quantitative estimate of drug-likeness (QED) is 0.757. The van der Waals surface area contributed by atoms with Crippen LogP contribution in [0.5, 0.6) is 5.75 Å². The molecule has 1 aromatic rings. The Balaban J connectivity index is 2.72. The maximum atomic E-state index is 11.4. The second kappa shape index (κ2) is 7.39. The van der Waals surface area contributed by atoms with E-state index in [2.05, 4.69) is 10.6 Å². The summed E-state index contributed by atoms with van der Waals surface area (Å²) in [7, 11) is 1.87. The predicted octanol–water partition coefficient (Wildman–Crippen LogP) is 1.29. The minimum atomic E-state index is -0.301. The van der Waals surface area contributed by atoms with Crippen LogP contribution in [0.2, 0.25) is 0 Å². The van der Waals surface area contributed by atoms with Gasteiger partial charge < -0.3 is 15.4 Å². The van der Waals surface area contributed by atoms with Gasteiger partial charge in [0, 0.05) is 11.6 Å². The first-order valence-corrected chi connectivity index (χ1v) is 6.12. The molecule has 2 N–H and O–H groups in total. The van der Waals surface area contributed by atoms with Crippen LogP contribution in [0.4, 0.5) is 0 Å². The van der Waals surface area contributed by atoms with E-state index in [1.165, 1.54) is 0 Å². The van der Waals surface area contributed by atoms with Crippen molar-refractivity contribution in [3.63, 3.8) is 0 Å². The van der Waals surface area contributed by atoms with Gasteiger partial charge in [-0.1, -0.05) is 17.7 Å². The van der Waals surface area contributed by atoms with Crippen molar-refractivity contribution in [2.24, 2.45) is 0 Å². The molecule has 0 fully saturated rings. The third kappa shape index (κ3) is 4.60. The molecule has 1 atom stereocenters. The third-order valence-electron chi connectivity index (χ3n) is 2.79. The Morgan fingerprint density at radius 2 is 2.26 bits per heavy atom. The second-order valence-corrected chi connectivity index (χ2v) is 4.28. The standard InChI is InChI=1S/C14H19N3O2/c1-10-4-5-13(12(8-10)11(2)16-3)19-9-14(18)17-7-6-15/h4-5,8,11,16H,7,9H2,1-3H3,(H,17,18). The molecule has 5 heteroatoms. The summed E-state index contributed by atoms with van der Waals surface area (Å²) in [6.45, 7) is 3.94. The molecule has 0 aliphatic heterocycles. The lowest BCUT2D eigenvalue weighted by Gasteiger charge is -2.17. The second-order valence-electron chi connectivity index (χ2n) is 4.28. The van der Waals surface area contributed by atoms with Gasteiger partial charge in [-0.3, -0.25) is 4.79 Å². The normalized spacial score (nSPS) is 11.5. The zero-order valence-electron chi connectivity index (χ0n) is 11.5. The maximum Gasteiger partial charge on any atom is 0.258 e. The topological polar surface area (TPSA) is 74.2 Å². The van der Waals surface area contributed by atoms with Crippen LogP contribution >= 0.6 is 0 Å². The lowest BCUT2D eigenvalue weighted by atomic mass is 10.0. The molecule has 0 radical (unpaired) electrons. The smallest absolute Gasteiger partial charge is 0.258 e. The van der Waals surface area contributed by atoms with Gasteiger partial charge in [0.2, 0.25) is 0 Å². The summed E-state index contributed by atoms with van der Waals surface area (Å²) in [6.07, 6.45) is 0. The van der Waals surface area contributed by atoms with Gasteiger partial charge in [0.05, 0.1) is 6.07 Å². The van der Waals surface area contributed by atoms with Gasteiger partial charge >= 0.3 is 0 Å². The van der Waals surface area contributed by atoms with E-state index in [-0.39, 0.29) is 25.1 Å². The summed E-state index contributed by atoms with van der Waals surface area (Å²) < 4.78 is 5.51. The highest BCUT2D eigenvalue weighted by molar-refractivity contribution is 5.77. The number of carbonyl (C=O) groups excluding carboxylic acids is 1. The van der Waals surface area contributed by atoms with Gasteiger partial charge in [0.1, 0.15) is 12.3 Å². The minimum absolute atomic E-state index is 0.00410. The highest BCUT2D eigenvalue weighted by Crippen LogP contribution is 2.26. The number of hydrogen-bond donors (Lipinski definition) is 2. The van der Waals surface area contributed by atoms with Crippen molar-refractivity contribution >= 4 is 5.91 Å². The molecule has 0 aliphatic carbocycles. The van der Waals surface area contributed by atoms with E-state index in [9.17, 15) is 4.79 Å². The van der Waals surface area contributed by atoms with Crippen LogP contribution in [0.1, 0.15) is 24.1 Å². The number of benzene rings is 1. The number of hydrogen-bond acceptors (Lipinski definition) is 4. The van der Waals surface area contributed by atoms with Gasteiger partial charge in [0.25, 0.3) is 5.91 Å². The Morgan fingerprint density at radius 1 is 1.53 bits per heavy atom. The average Bonchev–Trinajstić information content (AvgIpc) is 2.42. The molecule has 0 aliphatic rings.